The summed E-state index contributed by atoms with van der Waals surface area (Å²) in [6, 6.07) is 0. The molecule has 0 radical (unpaired) electrons. The van der Waals surface area contributed by atoms with Crippen LogP contribution >= 0.6 is 0 Å². The molecule has 1 atom stereocenters. The highest BCUT2D eigenvalue weighted by molar-refractivity contribution is 5.84. The van der Waals surface area contributed by atoms with Crippen molar-refractivity contribution >= 4 is 11.8 Å². The minimum absolute atomic E-state index is 0.127. The molecule has 0 rings (SSSR count). The zero-order valence-corrected chi connectivity index (χ0v) is 7.53. The molecular weight excluding hydrogens is 160 g/mol. The quantitative estimate of drug-likeness (QED) is 0.671. The number of rotatable bonds is 5. The minimum Gasteiger partial charge on any atom is -0.481 e. The van der Waals surface area contributed by atoms with E-state index in [0.29, 0.717) is 0 Å². The van der Waals surface area contributed by atoms with Gasteiger partial charge in [0.1, 0.15) is 6.10 Å². The van der Waals surface area contributed by atoms with E-state index in [9.17, 15) is 9.59 Å². The minimum atomic E-state index is -1.02. The maximum atomic E-state index is 10.8. The van der Waals surface area contributed by atoms with Crippen LogP contribution in [0.5, 0.6) is 0 Å². The standard InChI is InChI=1S/C8H14O4/c1-5(2)12-7(6(3)9)4-8(10)11/h5,7H,4H2,1-3H3,(H,10,11). The summed E-state index contributed by atoms with van der Waals surface area (Å²) in [5.41, 5.74) is 0. The van der Waals surface area contributed by atoms with Gasteiger partial charge in [0, 0.05) is 0 Å². The number of carbonyl (C=O) groups excluding carboxylic acids is 1. The van der Waals surface area contributed by atoms with Crippen LogP contribution in [0, 0.1) is 0 Å². The number of ketones is 1. The Morgan fingerprint density at radius 3 is 2.17 bits per heavy atom. The van der Waals surface area contributed by atoms with Crippen molar-refractivity contribution in [3.05, 3.63) is 0 Å². The fourth-order valence-electron chi connectivity index (χ4n) is 0.775. The van der Waals surface area contributed by atoms with Gasteiger partial charge in [0.05, 0.1) is 12.5 Å². The number of carbonyl (C=O) groups is 2. The summed E-state index contributed by atoms with van der Waals surface area (Å²) in [7, 11) is 0. The predicted molar refractivity (Wildman–Crippen MR) is 42.9 cm³/mol. The molecule has 0 aromatic heterocycles. The Hall–Kier alpha value is -0.900. The molecule has 0 fully saturated rings. The van der Waals surface area contributed by atoms with Crippen LogP contribution in [0.1, 0.15) is 27.2 Å². The summed E-state index contributed by atoms with van der Waals surface area (Å²) in [5.74, 6) is -1.26. The molecule has 4 nitrogen and oxygen atoms in total. The van der Waals surface area contributed by atoms with Crippen LogP contribution in [-0.4, -0.2) is 29.1 Å². The lowest BCUT2D eigenvalue weighted by atomic mass is 10.2. The van der Waals surface area contributed by atoms with E-state index in [1.165, 1.54) is 6.92 Å². The second-order valence-corrected chi connectivity index (χ2v) is 2.88. The summed E-state index contributed by atoms with van der Waals surface area (Å²) in [6.45, 7) is 4.85. The van der Waals surface area contributed by atoms with Crippen LogP contribution in [-0.2, 0) is 14.3 Å². The van der Waals surface area contributed by atoms with Crippen molar-refractivity contribution in [3.63, 3.8) is 0 Å². The highest BCUT2D eigenvalue weighted by Gasteiger charge is 2.19. The Morgan fingerprint density at radius 2 is 1.92 bits per heavy atom. The first-order valence-electron chi connectivity index (χ1n) is 3.81. The molecule has 0 aliphatic carbocycles. The first kappa shape index (κ1) is 11.1. The molecule has 0 spiro atoms. The zero-order chi connectivity index (χ0) is 9.72. The number of Topliss-reactive ketones (excluding diaryl/α,β-unsaturated/α-hetero) is 1. The molecule has 0 aromatic carbocycles. The molecule has 0 aliphatic heterocycles. The number of aliphatic carboxylic acids is 1. The van der Waals surface area contributed by atoms with Crippen molar-refractivity contribution in [1.82, 2.24) is 0 Å². The van der Waals surface area contributed by atoms with Crippen LogP contribution in [0.2, 0.25) is 0 Å². The molecule has 0 saturated carbocycles. The molecule has 12 heavy (non-hydrogen) atoms. The topological polar surface area (TPSA) is 63.6 Å². The van der Waals surface area contributed by atoms with Gasteiger partial charge < -0.3 is 9.84 Å². The van der Waals surface area contributed by atoms with E-state index in [1.807, 2.05) is 0 Å². The van der Waals surface area contributed by atoms with Crippen molar-refractivity contribution in [1.29, 1.82) is 0 Å². The Kier molecular flexibility index (Phi) is 4.51. The molecule has 0 heterocycles. The molecule has 0 aromatic rings. The van der Waals surface area contributed by atoms with Crippen LogP contribution in [0.3, 0.4) is 0 Å². The van der Waals surface area contributed by atoms with Gasteiger partial charge in [-0.3, -0.25) is 9.59 Å². The van der Waals surface area contributed by atoms with E-state index in [1.54, 1.807) is 13.8 Å². The van der Waals surface area contributed by atoms with Crippen molar-refractivity contribution in [2.75, 3.05) is 0 Å². The molecule has 0 amide bonds. The number of carboxylic acids is 1. The van der Waals surface area contributed by atoms with Crippen LogP contribution in [0.25, 0.3) is 0 Å². The van der Waals surface area contributed by atoms with Gasteiger partial charge in [0.15, 0.2) is 5.78 Å². The summed E-state index contributed by atoms with van der Waals surface area (Å²) in [6.07, 6.45) is -1.19. The number of ether oxygens (including phenoxy) is 1. The first-order chi connectivity index (χ1) is 5.43. The SMILES string of the molecule is CC(=O)C(CC(=O)O)OC(C)C. The molecule has 4 heteroatoms. The van der Waals surface area contributed by atoms with E-state index < -0.39 is 12.1 Å². The monoisotopic (exact) mass is 174 g/mol. The Labute approximate surface area is 71.5 Å². The number of hydrogen-bond acceptors (Lipinski definition) is 3. The fourth-order valence-corrected chi connectivity index (χ4v) is 0.775. The highest BCUT2D eigenvalue weighted by Crippen LogP contribution is 2.03. The smallest absolute Gasteiger partial charge is 0.306 e. The fraction of sp³-hybridized carbons (Fsp3) is 0.750. The van der Waals surface area contributed by atoms with Gasteiger partial charge in [0.25, 0.3) is 0 Å². The van der Waals surface area contributed by atoms with Gasteiger partial charge in [-0.05, 0) is 20.8 Å². The summed E-state index contributed by atoms with van der Waals surface area (Å²) in [4.78, 5) is 21.1. The van der Waals surface area contributed by atoms with Crippen molar-refractivity contribution < 1.29 is 19.4 Å². The van der Waals surface area contributed by atoms with Gasteiger partial charge >= 0.3 is 5.97 Å². The van der Waals surface area contributed by atoms with Crippen LogP contribution in [0.15, 0.2) is 0 Å². The second kappa shape index (κ2) is 4.87. The average Bonchev–Trinajstić information content (AvgIpc) is 1.83. The van der Waals surface area contributed by atoms with E-state index in [2.05, 4.69) is 0 Å². The third-order valence-electron chi connectivity index (χ3n) is 1.25. The highest BCUT2D eigenvalue weighted by atomic mass is 16.5. The van der Waals surface area contributed by atoms with E-state index in [0.717, 1.165) is 0 Å². The molecule has 0 aliphatic rings. The lowest BCUT2D eigenvalue weighted by Gasteiger charge is -2.15. The lowest BCUT2D eigenvalue weighted by molar-refractivity contribution is -0.146. The van der Waals surface area contributed by atoms with Gasteiger partial charge in [-0.15, -0.1) is 0 Å². The first-order valence-corrected chi connectivity index (χ1v) is 3.81. The third kappa shape index (κ3) is 4.85. The molecular formula is C8H14O4. The van der Waals surface area contributed by atoms with E-state index >= 15 is 0 Å². The predicted octanol–water partition coefficient (Wildman–Crippen LogP) is 0.844. The maximum Gasteiger partial charge on any atom is 0.306 e. The molecule has 0 saturated heterocycles. The normalized spacial score (nSPS) is 13.0. The Bertz CT molecular complexity index is 174. The molecule has 70 valence electrons. The molecule has 0 bridgehead atoms. The van der Waals surface area contributed by atoms with Gasteiger partial charge in [-0.2, -0.15) is 0 Å². The van der Waals surface area contributed by atoms with E-state index in [4.69, 9.17) is 9.84 Å². The zero-order valence-electron chi connectivity index (χ0n) is 7.53. The van der Waals surface area contributed by atoms with Crippen molar-refractivity contribution in [2.24, 2.45) is 0 Å². The van der Waals surface area contributed by atoms with Gasteiger partial charge in [-0.25, -0.2) is 0 Å². The maximum absolute atomic E-state index is 10.8. The van der Waals surface area contributed by atoms with E-state index in [-0.39, 0.29) is 18.3 Å². The second-order valence-electron chi connectivity index (χ2n) is 2.88. The Balaban J connectivity index is 4.04. The molecule has 1 N–H and O–H groups in total. The average molecular weight is 174 g/mol. The number of hydrogen-bond donors (Lipinski definition) is 1. The van der Waals surface area contributed by atoms with Gasteiger partial charge in [-0.1, -0.05) is 0 Å². The Morgan fingerprint density at radius 1 is 1.42 bits per heavy atom. The summed E-state index contributed by atoms with van der Waals surface area (Å²) < 4.78 is 5.09. The largest absolute Gasteiger partial charge is 0.481 e. The molecule has 1 unspecified atom stereocenters. The summed E-state index contributed by atoms with van der Waals surface area (Å²) >= 11 is 0. The van der Waals surface area contributed by atoms with Crippen LogP contribution < -0.4 is 0 Å². The van der Waals surface area contributed by atoms with Crippen LogP contribution in [0.4, 0.5) is 0 Å². The number of carboxylic acid groups (broad SMARTS) is 1. The third-order valence-corrected chi connectivity index (χ3v) is 1.25. The lowest BCUT2D eigenvalue weighted by Crippen LogP contribution is -2.27. The van der Waals surface area contributed by atoms with Crippen molar-refractivity contribution in [3.8, 4) is 0 Å². The summed E-state index contributed by atoms with van der Waals surface area (Å²) in [5, 5.41) is 8.41. The van der Waals surface area contributed by atoms with Gasteiger partial charge in [0.2, 0.25) is 0 Å². The van der Waals surface area contributed by atoms with Crippen molar-refractivity contribution in [2.45, 2.75) is 39.4 Å².